The summed E-state index contributed by atoms with van der Waals surface area (Å²) in [6.07, 6.45) is 2.54. The van der Waals surface area contributed by atoms with Crippen molar-refractivity contribution in [1.29, 1.82) is 0 Å². The molecule has 3 aromatic rings. The van der Waals surface area contributed by atoms with Crippen LogP contribution >= 0.6 is 0 Å². The number of hydrogen-bond acceptors (Lipinski definition) is 5. The number of benzene rings is 2. The summed E-state index contributed by atoms with van der Waals surface area (Å²) in [6.45, 7) is 2.86. The van der Waals surface area contributed by atoms with Crippen molar-refractivity contribution in [3.05, 3.63) is 70.6 Å². The number of primary amides is 1. The van der Waals surface area contributed by atoms with E-state index >= 15 is 0 Å². The molecule has 32 heavy (non-hydrogen) atoms. The third-order valence-electron chi connectivity index (χ3n) is 5.87. The number of nitrogens with zero attached hydrogens (tertiary/aromatic N) is 3. The summed E-state index contributed by atoms with van der Waals surface area (Å²) in [5.74, 6) is -0.651. The van der Waals surface area contributed by atoms with Crippen LogP contribution in [0.3, 0.4) is 0 Å². The van der Waals surface area contributed by atoms with Crippen LogP contribution in [0.2, 0.25) is 0 Å². The highest BCUT2D eigenvalue weighted by Crippen LogP contribution is 2.17. The number of likely N-dealkylation sites (tertiary alicyclic amines) is 1. The van der Waals surface area contributed by atoms with E-state index in [4.69, 9.17) is 5.73 Å². The number of carbonyl (C=O) groups is 2. The molecule has 0 aliphatic carbocycles. The maximum atomic E-state index is 13.0. The first kappa shape index (κ1) is 21.7. The van der Waals surface area contributed by atoms with E-state index < -0.39 is 0 Å². The zero-order valence-corrected chi connectivity index (χ0v) is 17.9. The van der Waals surface area contributed by atoms with Crippen molar-refractivity contribution in [3.8, 4) is 5.69 Å². The van der Waals surface area contributed by atoms with Crippen LogP contribution in [0.25, 0.3) is 16.5 Å². The predicted molar refractivity (Wildman–Crippen MR) is 123 cm³/mol. The van der Waals surface area contributed by atoms with E-state index in [9.17, 15) is 14.4 Å². The Morgan fingerprint density at radius 1 is 1.06 bits per heavy atom. The fraction of sp³-hybridized carbons (Fsp3) is 0.333. The quantitative estimate of drug-likeness (QED) is 0.551. The van der Waals surface area contributed by atoms with Crippen molar-refractivity contribution in [2.24, 2.45) is 11.7 Å². The number of carbonyl (C=O) groups excluding carboxylic acids is 2. The van der Waals surface area contributed by atoms with Gasteiger partial charge in [0.05, 0.1) is 17.0 Å². The molecule has 0 saturated carbocycles. The van der Waals surface area contributed by atoms with Gasteiger partial charge in [-0.1, -0.05) is 36.4 Å². The third kappa shape index (κ3) is 4.70. The summed E-state index contributed by atoms with van der Waals surface area (Å²) in [5.41, 5.74) is 6.00. The minimum absolute atomic E-state index is 0.0899. The van der Waals surface area contributed by atoms with Crippen LogP contribution in [0, 0.1) is 5.92 Å². The first-order chi connectivity index (χ1) is 15.5. The average Bonchev–Trinajstić information content (AvgIpc) is 2.83. The van der Waals surface area contributed by atoms with Gasteiger partial charge in [-0.3, -0.25) is 14.4 Å². The number of piperidine rings is 1. The van der Waals surface area contributed by atoms with Crippen molar-refractivity contribution in [1.82, 2.24) is 20.0 Å². The smallest absolute Gasteiger partial charge is 0.279 e. The van der Waals surface area contributed by atoms with Crippen LogP contribution in [0.5, 0.6) is 0 Å². The lowest BCUT2D eigenvalue weighted by Gasteiger charge is -2.31. The highest BCUT2D eigenvalue weighted by molar-refractivity contribution is 6.04. The first-order valence-corrected chi connectivity index (χ1v) is 10.9. The Morgan fingerprint density at radius 2 is 1.78 bits per heavy atom. The molecule has 0 radical (unpaired) electrons. The van der Waals surface area contributed by atoms with Gasteiger partial charge in [-0.15, -0.1) is 0 Å². The molecule has 1 saturated heterocycles. The van der Waals surface area contributed by atoms with Gasteiger partial charge in [-0.05, 0) is 50.6 Å². The van der Waals surface area contributed by atoms with Crippen molar-refractivity contribution < 1.29 is 9.59 Å². The van der Waals surface area contributed by atoms with Crippen LogP contribution in [-0.4, -0.2) is 52.7 Å². The van der Waals surface area contributed by atoms with Gasteiger partial charge in [0.15, 0.2) is 5.69 Å². The highest BCUT2D eigenvalue weighted by atomic mass is 16.2. The second-order valence-electron chi connectivity index (χ2n) is 8.10. The maximum absolute atomic E-state index is 13.0. The molecular weight excluding hydrogens is 406 g/mol. The summed E-state index contributed by atoms with van der Waals surface area (Å²) in [6, 6.07) is 16.1. The van der Waals surface area contributed by atoms with E-state index in [1.807, 2.05) is 18.2 Å². The molecule has 2 heterocycles. The number of rotatable bonds is 7. The van der Waals surface area contributed by atoms with Gasteiger partial charge in [0.1, 0.15) is 0 Å². The number of nitrogens with one attached hydrogen (secondary N) is 1. The average molecular weight is 434 g/mol. The fourth-order valence-electron chi connectivity index (χ4n) is 4.18. The van der Waals surface area contributed by atoms with Crippen molar-refractivity contribution in [3.63, 3.8) is 0 Å². The van der Waals surface area contributed by atoms with Crippen LogP contribution in [-0.2, 0) is 4.79 Å². The zero-order valence-electron chi connectivity index (χ0n) is 17.9. The lowest BCUT2D eigenvalue weighted by Crippen LogP contribution is -2.42. The minimum atomic E-state index is -0.320. The Bertz CT molecular complexity index is 1180. The molecular formula is C24H27N5O3. The Balaban J connectivity index is 1.47. The van der Waals surface area contributed by atoms with Gasteiger partial charge in [0.2, 0.25) is 5.91 Å². The molecule has 1 atom stereocenters. The second kappa shape index (κ2) is 9.74. The predicted octanol–water partition coefficient (Wildman–Crippen LogP) is 1.70. The molecule has 4 rings (SSSR count). The molecule has 166 valence electrons. The zero-order chi connectivity index (χ0) is 22.5. The normalized spacial score (nSPS) is 16.7. The molecule has 2 amide bonds. The Labute approximate surface area is 186 Å². The third-order valence-corrected chi connectivity index (χ3v) is 5.87. The molecule has 8 nitrogen and oxygen atoms in total. The van der Waals surface area contributed by atoms with Crippen LogP contribution in [0.15, 0.2) is 59.4 Å². The Morgan fingerprint density at radius 3 is 2.53 bits per heavy atom. The Kier molecular flexibility index (Phi) is 6.61. The summed E-state index contributed by atoms with van der Waals surface area (Å²) in [5, 5.41) is 8.30. The lowest BCUT2D eigenvalue weighted by molar-refractivity contribution is -0.123. The largest absolute Gasteiger partial charge is 0.369 e. The monoisotopic (exact) mass is 433 g/mol. The van der Waals surface area contributed by atoms with Gasteiger partial charge in [-0.25, -0.2) is 0 Å². The van der Waals surface area contributed by atoms with Crippen LogP contribution < -0.4 is 16.6 Å². The molecule has 0 spiro atoms. The number of nitrogens with two attached hydrogens (primary N) is 1. The van der Waals surface area contributed by atoms with Crippen molar-refractivity contribution >= 4 is 22.6 Å². The minimum Gasteiger partial charge on any atom is -0.369 e. The number of hydrogen-bond donors (Lipinski definition) is 2. The van der Waals surface area contributed by atoms with E-state index in [0.29, 0.717) is 29.5 Å². The Hall–Kier alpha value is -3.52. The number of amides is 2. The van der Waals surface area contributed by atoms with E-state index in [2.05, 4.69) is 15.3 Å². The SMILES string of the molecule is NC(=O)C1CCCN(CCCNC(=O)c2nn(-c3ccccc3)c(=O)c3ccccc23)C1. The van der Waals surface area contributed by atoms with Crippen LogP contribution in [0.4, 0.5) is 0 Å². The number of aromatic nitrogens is 2. The number of para-hydroxylation sites is 1. The highest BCUT2D eigenvalue weighted by Gasteiger charge is 2.23. The maximum Gasteiger partial charge on any atom is 0.279 e. The molecule has 0 bridgehead atoms. The van der Waals surface area contributed by atoms with Gasteiger partial charge < -0.3 is 16.0 Å². The van der Waals surface area contributed by atoms with Gasteiger partial charge >= 0.3 is 0 Å². The van der Waals surface area contributed by atoms with E-state index in [1.165, 1.54) is 4.68 Å². The molecule has 1 fully saturated rings. The van der Waals surface area contributed by atoms with Crippen molar-refractivity contribution in [2.45, 2.75) is 19.3 Å². The van der Waals surface area contributed by atoms with E-state index in [-0.39, 0.29) is 29.0 Å². The molecule has 1 aliphatic rings. The summed E-state index contributed by atoms with van der Waals surface area (Å²) < 4.78 is 1.27. The lowest BCUT2D eigenvalue weighted by atomic mass is 9.97. The van der Waals surface area contributed by atoms with Crippen LogP contribution in [0.1, 0.15) is 29.8 Å². The first-order valence-electron chi connectivity index (χ1n) is 10.9. The number of fused-ring (bicyclic) bond motifs is 1. The summed E-state index contributed by atoms with van der Waals surface area (Å²) in [7, 11) is 0. The van der Waals surface area contributed by atoms with Gasteiger partial charge in [-0.2, -0.15) is 9.78 Å². The molecule has 1 aromatic heterocycles. The topological polar surface area (TPSA) is 110 Å². The molecule has 2 aromatic carbocycles. The van der Waals surface area contributed by atoms with Crippen molar-refractivity contribution in [2.75, 3.05) is 26.2 Å². The fourth-order valence-corrected chi connectivity index (χ4v) is 4.18. The molecule has 3 N–H and O–H groups in total. The van der Waals surface area contributed by atoms with E-state index in [1.54, 1.807) is 36.4 Å². The van der Waals surface area contributed by atoms with Gasteiger partial charge in [0.25, 0.3) is 11.5 Å². The summed E-state index contributed by atoms with van der Waals surface area (Å²) in [4.78, 5) is 39.6. The van der Waals surface area contributed by atoms with E-state index in [0.717, 1.165) is 32.4 Å². The molecule has 1 aliphatic heterocycles. The standard InChI is InChI=1S/C24H27N5O3/c25-22(30)17-8-6-14-28(16-17)15-7-13-26-23(31)21-19-11-4-5-12-20(19)24(32)29(27-21)18-9-2-1-3-10-18/h1-5,9-12,17H,6-8,13-16H2,(H2,25,30)(H,26,31). The molecule has 8 heteroatoms. The molecule has 1 unspecified atom stereocenters. The second-order valence-corrected chi connectivity index (χ2v) is 8.10. The summed E-state index contributed by atoms with van der Waals surface area (Å²) >= 11 is 0. The van der Waals surface area contributed by atoms with Gasteiger partial charge in [0, 0.05) is 18.5 Å².